The van der Waals surface area contributed by atoms with E-state index in [0.717, 1.165) is 26.7 Å². The fourth-order valence-corrected chi connectivity index (χ4v) is 3.57. The van der Waals surface area contributed by atoms with Crippen LogP contribution in [-0.4, -0.2) is 6.61 Å². The highest BCUT2D eigenvalue weighted by atomic mass is 79.9. The van der Waals surface area contributed by atoms with Gasteiger partial charge in [-0.1, -0.05) is 59.7 Å². The van der Waals surface area contributed by atoms with Crippen molar-refractivity contribution in [1.82, 2.24) is 0 Å². The van der Waals surface area contributed by atoms with Gasteiger partial charge in [-0.2, -0.15) is 5.26 Å². The second-order valence-electron chi connectivity index (χ2n) is 7.07. The third-order valence-electron chi connectivity index (χ3n) is 4.63. The minimum atomic E-state index is 0.445. The van der Waals surface area contributed by atoms with Gasteiger partial charge in [-0.25, -0.2) is 0 Å². The molecule has 3 nitrogen and oxygen atoms in total. The average Bonchev–Trinajstić information content (AvgIpc) is 2.73. The lowest BCUT2D eigenvalue weighted by atomic mass is 10.0. The number of aryl methyl sites for hydroxylation is 2. The van der Waals surface area contributed by atoms with Crippen molar-refractivity contribution in [1.29, 1.82) is 5.26 Å². The molecule has 3 aromatic rings. The van der Waals surface area contributed by atoms with Crippen LogP contribution in [0, 0.1) is 25.2 Å². The van der Waals surface area contributed by atoms with Gasteiger partial charge >= 0.3 is 0 Å². The van der Waals surface area contributed by atoms with Crippen LogP contribution in [-0.2, 0) is 6.61 Å². The van der Waals surface area contributed by atoms with Crippen LogP contribution in [0.4, 0.5) is 0 Å². The summed E-state index contributed by atoms with van der Waals surface area (Å²) >= 11 is 3.61. The van der Waals surface area contributed by atoms with Crippen molar-refractivity contribution in [3.05, 3.63) is 93.0 Å². The number of rotatable bonds is 7. The summed E-state index contributed by atoms with van der Waals surface area (Å²) in [7, 11) is 0. The fourth-order valence-electron chi connectivity index (χ4n) is 2.99. The van der Waals surface area contributed by atoms with E-state index >= 15 is 0 Å². The fraction of sp³-hybridized carbons (Fsp3) is 0.192. The predicted octanol–water partition coefficient (Wildman–Crippen LogP) is 7.11. The van der Waals surface area contributed by atoms with Crippen molar-refractivity contribution in [2.24, 2.45) is 0 Å². The topological polar surface area (TPSA) is 42.2 Å². The Morgan fingerprint density at radius 1 is 0.967 bits per heavy atom. The Bertz CT molecular complexity index is 1080. The lowest BCUT2D eigenvalue weighted by Crippen LogP contribution is -2.01. The third-order valence-corrected chi connectivity index (χ3v) is 5.22. The lowest BCUT2D eigenvalue weighted by molar-refractivity contribution is 0.267. The second kappa shape index (κ2) is 10.1. The molecule has 0 aromatic heterocycles. The number of nitriles is 1. The van der Waals surface area contributed by atoms with Crippen molar-refractivity contribution in [2.75, 3.05) is 6.61 Å². The molecule has 0 heterocycles. The van der Waals surface area contributed by atoms with Gasteiger partial charge < -0.3 is 9.47 Å². The summed E-state index contributed by atoms with van der Waals surface area (Å²) < 4.78 is 12.7. The van der Waals surface area contributed by atoms with Crippen molar-refractivity contribution >= 4 is 27.6 Å². The highest BCUT2D eigenvalue weighted by molar-refractivity contribution is 9.10. The number of hydrogen-bond acceptors (Lipinski definition) is 3. The molecule has 0 bridgehead atoms. The van der Waals surface area contributed by atoms with Gasteiger partial charge in [-0.05, 0) is 71.6 Å². The molecule has 152 valence electrons. The average molecular weight is 462 g/mol. The lowest BCUT2D eigenvalue weighted by Gasteiger charge is -2.15. The van der Waals surface area contributed by atoms with Crippen LogP contribution in [0.15, 0.2) is 65.1 Å². The maximum atomic E-state index is 9.65. The van der Waals surface area contributed by atoms with Crippen LogP contribution in [0.2, 0.25) is 0 Å². The zero-order chi connectivity index (χ0) is 21.5. The molecule has 0 radical (unpaired) electrons. The van der Waals surface area contributed by atoms with Crippen molar-refractivity contribution in [3.63, 3.8) is 0 Å². The smallest absolute Gasteiger partial charge is 0.175 e. The minimum Gasteiger partial charge on any atom is -0.490 e. The zero-order valence-electron chi connectivity index (χ0n) is 17.4. The van der Waals surface area contributed by atoms with Gasteiger partial charge in [-0.3, -0.25) is 0 Å². The van der Waals surface area contributed by atoms with Crippen molar-refractivity contribution < 1.29 is 9.47 Å². The van der Waals surface area contributed by atoms with E-state index in [9.17, 15) is 5.26 Å². The Balaban J connectivity index is 1.90. The molecule has 3 aromatic carbocycles. The van der Waals surface area contributed by atoms with Crippen LogP contribution >= 0.6 is 15.9 Å². The van der Waals surface area contributed by atoms with Crippen LogP contribution in [0.25, 0.3) is 11.6 Å². The number of allylic oxidation sites excluding steroid dienone is 1. The quantitative estimate of drug-likeness (QED) is 0.278. The van der Waals surface area contributed by atoms with Crippen LogP contribution in [0.3, 0.4) is 0 Å². The summed E-state index contributed by atoms with van der Waals surface area (Å²) in [4.78, 5) is 0. The highest BCUT2D eigenvalue weighted by Gasteiger charge is 2.13. The summed E-state index contributed by atoms with van der Waals surface area (Å²) in [5.41, 5.74) is 5.81. The molecule has 0 atom stereocenters. The number of halogens is 1. The van der Waals surface area contributed by atoms with Crippen LogP contribution in [0.1, 0.15) is 34.7 Å². The minimum absolute atomic E-state index is 0.445. The number of hydrogen-bond donors (Lipinski definition) is 0. The SMILES string of the molecule is CCOc1cc(/C=C(\C#N)c2ccc(C)cc2)cc(Br)c1OCc1ccc(C)cc1. The number of benzene rings is 3. The molecule has 30 heavy (non-hydrogen) atoms. The van der Waals surface area contributed by atoms with Gasteiger partial charge in [0.15, 0.2) is 11.5 Å². The normalized spacial score (nSPS) is 11.1. The first-order chi connectivity index (χ1) is 14.5. The molecule has 0 saturated carbocycles. The first-order valence-corrected chi connectivity index (χ1v) is 10.6. The summed E-state index contributed by atoms with van der Waals surface area (Å²) in [5.74, 6) is 1.30. The Labute approximate surface area is 186 Å². The standard InChI is InChI=1S/C26H24BrNO2/c1-4-29-25-15-21(13-23(16-28)22-11-7-19(3)8-12-22)14-24(27)26(25)30-17-20-9-5-18(2)6-10-20/h5-15H,4,17H2,1-3H3/b23-13+. The van der Waals surface area contributed by atoms with Gasteiger partial charge in [0.05, 0.1) is 22.7 Å². The second-order valence-corrected chi connectivity index (χ2v) is 7.93. The monoisotopic (exact) mass is 461 g/mol. The predicted molar refractivity (Wildman–Crippen MR) is 125 cm³/mol. The zero-order valence-corrected chi connectivity index (χ0v) is 19.0. The Morgan fingerprint density at radius 3 is 2.20 bits per heavy atom. The first-order valence-electron chi connectivity index (χ1n) is 9.83. The molecule has 0 aliphatic heterocycles. The van der Waals surface area contributed by atoms with E-state index in [4.69, 9.17) is 9.47 Å². The Kier molecular flexibility index (Phi) is 7.32. The van der Waals surface area contributed by atoms with E-state index in [2.05, 4.69) is 53.2 Å². The van der Waals surface area contributed by atoms with Gasteiger partial charge in [-0.15, -0.1) is 0 Å². The van der Waals surface area contributed by atoms with E-state index in [0.29, 0.717) is 30.3 Å². The largest absolute Gasteiger partial charge is 0.490 e. The summed E-state index contributed by atoms with van der Waals surface area (Å²) in [6.45, 7) is 6.99. The molecule has 0 aliphatic carbocycles. The highest BCUT2D eigenvalue weighted by Crippen LogP contribution is 2.38. The molecule has 0 amide bonds. The molecule has 0 N–H and O–H groups in total. The van der Waals surface area contributed by atoms with Gasteiger partial charge in [0, 0.05) is 0 Å². The molecule has 0 saturated heterocycles. The molecule has 0 fully saturated rings. The van der Waals surface area contributed by atoms with Crippen LogP contribution in [0.5, 0.6) is 11.5 Å². The molecular weight excluding hydrogens is 438 g/mol. The summed E-state index contributed by atoms with van der Waals surface area (Å²) in [6, 6.07) is 22.3. The van der Waals surface area contributed by atoms with E-state index in [-0.39, 0.29) is 0 Å². The molecule has 4 heteroatoms. The number of nitrogens with zero attached hydrogens (tertiary/aromatic N) is 1. The van der Waals surface area contributed by atoms with E-state index < -0.39 is 0 Å². The van der Waals surface area contributed by atoms with Crippen molar-refractivity contribution in [3.8, 4) is 17.6 Å². The van der Waals surface area contributed by atoms with Gasteiger partial charge in [0.1, 0.15) is 6.61 Å². The summed E-state index contributed by atoms with van der Waals surface area (Å²) in [6.07, 6.45) is 1.86. The van der Waals surface area contributed by atoms with Crippen LogP contribution < -0.4 is 9.47 Å². The Morgan fingerprint density at radius 2 is 1.60 bits per heavy atom. The van der Waals surface area contributed by atoms with E-state index in [1.807, 2.05) is 56.3 Å². The molecule has 0 spiro atoms. The van der Waals surface area contributed by atoms with Crippen molar-refractivity contribution in [2.45, 2.75) is 27.4 Å². The third kappa shape index (κ3) is 5.52. The molecule has 0 aliphatic rings. The first kappa shape index (κ1) is 21.7. The molecular formula is C26H24BrNO2. The maximum absolute atomic E-state index is 9.65. The Hall–Kier alpha value is -3.03. The molecule has 0 unspecified atom stereocenters. The van der Waals surface area contributed by atoms with E-state index in [1.54, 1.807) is 0 Å². The van der Waals surface area contributed by atoms with Gasteiger partial charge in [0.25, 0.3) is 0 Å². The van der Waals surface area contributed by atoms with E-state index in [1.165, 1.54) is 5.56 Å². The maximum Gasteiger partial charge on any atom is 0.175 e. The summed E-state index contributed by atoms with van der Waals surface area (Å²) in [5, 5.41) is 9.65. The number of ether oxygens (including phenoxy) is 2. The van der Waals surface area contributed by atoms with Gasteiger partial charge in [0.2, 0.25) is 0 Å². The molecule has 3 rings (SSSR count).